The maximum atomic E-state index is 9.02. The van der Waals surface area contributed by atoms with Gasteiger partial charge in [0.1, 0.15) is 0 Å². The van der Waals surface area contributed by atoms with Crippen LogP contribution in [-0.4, -0.2) is 22.0 Å². The summed E-state index contributed by atoms with van der Waals surface area (Å²) in [7, 11) is 0. The maximum Gasteiger partial charge on any atom is 0.329 e. The molecule has 0 atom stereocenters. The van der Waals surface area contributed by atoms with Crippen molar-refractivity contribution in [3.8, 4) is 0 Å². The average Bonchev–Trinajstić information content (AvgIpc) is 2.43. The molecule has 0 saturated carbocycles. The molecular formula is C14H12N4. The summed E-state index contributed by atoms with van der Waals surface area (Å²) >= 11 is 0. The summed E-state index contributed by atoms with van der Waals surface area (Å²) in [5.74, 6) is 0. The van der Waals surface area contributed by atoms with E-state index in [1.165, 1.54) is 0 Å². The van der Waals surface area contributed by atoms with Crippen LogP contribution in [0, 0.1) is 0 Å². The van der Waals surface area contributed by atoms with Gasteiger partial charge in [-0.2, -0.15) is 9.58 Å². The Morgan fingerprint density at radius 3 is 1.39 bits per heavy atom. The maximum absolute atomic E-state index is 9.02. The molecule has 0 amide bonds. The first-order valence-electron chi connectivity index (χ1n) is 5.26. The van der Waals surface area contributed by atoms with Gasteiger partial charge in [0.25, 0.3) is 0 Å². The molecule has 4 nitrogen and oxygen atoms in total. The Morgan fingerprint density at radius 1 is 0.778 bits per heavy atom. The van der Waals surface area contributed by atoms with Gasteiger partial charge in [0.05, 0.1) is 11.1 Å². The van der Waals surface area contributed by atoms with Gasteiger partial charge in [-0.3, -0.25) is 0 Å². The highest BCUT2D eigenvalue weighted by atomic mass is 14.9. The van der Waals surface area contributed by atoms with Gasteiger partial charge in [0.2, 0.25) is 6.72 Å². The summed E-state index contributed by atoms with van der Waals surface area (Å²) in [5, 5.41) is 0. The van der Waals surface area contributed by atoms with Crippen LogP contribution in [0.4, 0.5) is 0 Å². The molecular weight excluding hydrogens is 224 g/mol. The molecule has 2 aromatic rings. The Kier molecular flexibility index (Phi) is 5.50. The number of benzene rings is 2. The third kappa shape index (κ3) is 3.65. The highest BCUT2D eigenvalue weighted by molar-refractivity contribution is 6.09. The number of hydrogen-bond donors (Lipinski definition) is 0. The molecule has 0 radical (unpaired) electrons. The zero-order valence-corrected chi connectivity index (χ0v) is 9.77. The standard InChI is InChI=1S/C13H10N2.CH2N2/c14-15-13(11-7-3-1-4-8-11)12-9-5-2-6-10-12;1-3-2/h1-10H;1H2. The molecule has 0 fully saturated rings. The van der Waals surface area contributed by atoms with Crippen LogP contribution >= 0.6 is 0 Å². The molecule has 4 heteroatoms. The van der Waals surface area contributed by atoms with Crippen molar-refractivity contribution in [1.29, 1.82) is 0 Å². The zero-order chi connectivity index (χ0) is 13.2. The number of nitrogens with zero attached hydrogens (tertiary/aromatic N) is 4. The van der Waals surface area contributed by atoms with Gasteiger partial charge in [-0.15, -0.1) is 0 Å². The Bertz CT molecular complexity index is 522. The summed E-state index contributed by atoms with van der Waals surface area (Å²) < 4.78 is 0. The van der Waals surface area contributed by atoms with Gasteiger partial charge in [0.15, 0.2) is 0 Å². The first kappa shape index (κ1) is 13.3. The lowest BCUT2D eigenvalue weighted by Crippen LogP contribution is -2.03. The van der Waals surface area contributed by atoms with Crippen molar-refractivity contribution in [2.24, 2.45) is 0 Å². The molecule has 0 aliphatic heterocycles. The summed E-state index contributed by atoms with van der Waals surface area (Å²) in [4.78, 5) is 5.60. The predicted molar refractivity (Wildman–Crippen MR) is 70.5 cm³/mol. The van der Waals surface area contributed by atoms with E-state index in [0.29, 0.717) is 5.71 Å². The van der Waals surface area contributed by atoms with Crippen LogP contribution < -0.4 is 0 Å². The SMILES string of the molecule is C=[N+]=[N-].[N-]=[N+]=C(c1ccccc1)c1ccccc1. The molecule has 0 unspecified atom stereocenters. The van der Waals surface area contributed by atoms with Crippen LogP contribution in [-0.2, 0) is 0 Å². The van der Waals surface area contributed by atoms with E-state index < -0.39 is 0 Å². The van der Waals surface area contributed by atoms with Crippen molar-refractivity contribution in [1.82, 2.24) is 0 Å². The van der Waals surface area contributed by atoms with E-state index in [1.54, 1.807) is 0 Å². The lowest BCUT2D eigenvalue weighted by Gasteiger charge is -1.95. The molecule has 18 heavy (non-hydrogen) atoms. The highest BCUT2D eigenvalue weighted by Crippen LogP contribution is 2.08. The summed E-state index contributed by atoms with van der Waals surface area (Å²) in [6.45, 7) is 2.67. The van der Waals surface area contributed by atoms with Crippen molar-refractivity contribution in [2.45, 2.75) is 0 Å². The third-order valence-electron chi connectivity index (χ3n) is 2.19. The fourth-order valence-electron chi connectivity index (χ4n) is 1.47. The quantitative estimate of drug-likeness (QED) is 0.437. The minimum absolute atomic E-state index is 0.594. The van der Waals surface area contributed by atoms with Crippen molar-refractivity contribution < 1.29 is 9.58 Å². The second-order valence-corrected chi connectivity index (χ2v) is 3.32. The van der Waals surface area contributed by atoms with Gasteiger partial charge in [-0.25, -0.2) is 0 Å². The molecule has 0 spiro atoms. The molecule has 0 N–H and O–H groups in total. The fourth-order valence-corrected chi connectivity index (χ4v) is 1.47. The Morgan fingerprint density at radius 2 is 1.11 bits per heavy atom. The van der Waals surface area contributed by atoms with Gasteiger partial charge in [-0.1, -0.05) is 36.4 Å². The second kappa shape index (κ2) is 7.47. The predicted octanol–water partition coefficient (Wildman–Crippen LogP) is 2.67. The topological polar surface area (TPSA) is 72.8 Å². The first-order chi connectivity index (χ1) is 8.83. The van der Waals surface area contributed by atoms with E-state index in [-0.39, 0.29) is 0 Å². The van der Waals surface area contributed by atoms with Gasteiger partial charge < -0.3 is 11.1 Å². The minimum atomic E-state index is 0.594. The molecule has 2 rings (SSSR count). The molecule has 0 aromatic heterocycles. The monoisotopic (exact) mass is 236 g/mol. The van der Waals surface area contributed by atoms with Crippen LogP contribution in [0.3, 0.4) is 0 Å². The van der Waals surface area contributed by atoms with Crippen LogP contribution in [0.15, 0.2) is 60.7 Å². The molecule has 0 aliphatic rings. The summed E-state index contributed by atoms with van der Waals surface area (Å²) in [6, 6.07) is 19.2. The second-order valence-electron chi connectivity index (χ2n) is 3.32. The normalized spacial score (nSPS) is 8.22. The van der Waals surface area contributed by atoms with Crippen LogP contribution in [0.5, 0.6) is 0 Å². The van der Waals surface area contributed by atoms with Crippen molar-refractivity contribution in [2.75, 3.05) is 0 Å². The fraction of sp³-hybridized carbons (Fsp3) is 0. The van der Waals surface area contributed by atoms with E-state index in [2.05, 4.69) is 16.3 Å². The summed E-state index contributed by atoms with van der Waals surface area (Å²) in [5.41, 5.74) is 18.5. The molecule has 0 bridgehead atoms. The molecule has 0 heterocycles. The van der Waals surface area contributed by atoms with E-state index >= 15 is 0 Å². The lowest BCUT2D eigenvalue weighted by molar-refractivity contribution is -0.00280. The zero-order valence-electron chi connectivity index (χ0n) is 9.77. The van der Waals surface area contributed by atoms with E-state index in [9.17, 15) is 0 Å². The molecule has 0 saturated heterocycles. The first-order valence-corrected chi connectivity index (χ1v) is 5.26. The van der Waals surface area contributed by atoms with Crippen LogP contribution in [0.25, 0.3) is 11.1 Å². The van der Waals surface area contributed by atoms with Crippen molar-refractivity contribution in [3.05, 3.63) is 82.9 Å². The van der Waals surface area contributed by atoms with Crippen LogP contribution in [0.2, 0.25) is 0 Å². The van der Waals surface area contributed by atoms with E-state index in [1.807, 2.05) is 60.7 Å². The summed E-state index contributed by atoms with van der Waals surface area (Å²) in [6.07, 6.45) is 0. The van der Waals surface area contributed by atoms with Crippen molar-refractivity contribution in [3.63, 3.8) is 0 Å². The largest absolute Gasteiger partial charge is 0.362 e. The highest BCUT2D eigenvalue weighted by Gasteiger charge is 2.13. The molecule has 2 aromatic carbocycles. The van der Waals surface area contributed by atoms with E-state index in [4.69, 9.17) is 11.1 Å². The molecule has 0 aliphatic carbocycles. The number of rotatable bonds is 2. The van der Waals surface area contributed by atoms with Crippen molar-refractivity contribution >= 4 is 12.4 Å². The van der Waals surface area contributed by atoms with Gasteiger partial charge in [-0.05, 0) is 24.3 Å². The number of hydrogen-bond acceptors (Lipinski definition) is 0. The minimum Gasteiger partial charge on any atom is -0.362 e. The van der Waals surface area contributed by atoms with Gasteiger partial charge >= 0.3 is 5.71 Å². The van der Waals surface area contributed by atoms with E-state index in [0.717, 1.165) is 11.1 Å². The smallest absolute Gasteiger partial charge is 0.329 e. The Hall–Kier alpha value is -2.80. The average molecular weight is 236 g/mol. The lowest BCUT2D eigenvalue weighted by atomic mass is 10.0. The third-order valence-corrected chi connectivity index (χ3v) is 2.19. The van der Waals surface area contributed by atoms with Gasteiger partial charge in [0, 0.05) is 0 Å². The Labute approximate surface area is 105 Å². The van der Waals surface area contributed by atoms with Crippen LogP contribution in [0.1, 0.15) is 11.1 Å². The Balaban J connectivity index is 0.000000492. The molecule has 88 valence electrons.